The molecule has 0 bridgehead atoms. The summed E-state index contributed by atoms with van der Waals surface area (Å²) in [6, 6.07) is 4.96. The Bertz CT molecular complexity index is 884. The summed E-state index contributed by atoms with van der Waals surface area (Å²) in [6.45, 7) is 2.54. The van der Waals surface area contributed by atoms with Gasteiger partial charge in [-0.05, 0) is 43.0 Å². The summed E-state index contributed by atoms with van der Waals surface area (Å²) >= 11 is 11.9. The van der Waals surface area contributed by atoms with Crippen LogP contribution in [0.25, 0.3) is 6.08 Å². The molecule has 0 radical (unpaired) electrons. The summed E-state index contributed by atoms with van der Waals surface area (Å²) in [5.41, 5.74) is 0.760. The molecule has 0 spiro atoms. The Labute approximate surface area is 210 Å². The summed E-state index contributed by atoms with van der Waals surface area (Å²) in [7, 11) is 0. The van der Waals surface area contributed by atoms with E-state index < -0.39 is 12.2 Å². The van der Waals surface area contributed by atoms with E-state index in [0.29, 0.717) is 68.6 Å². The highest BCUT2D eigenvalue weighted by Gasteiger charge is 2.29. The number of hydrogen-bond donors (Lipinski definition) is 3. The number of rotatable bonds is 8. The number of carbonyl (C=O) groups is 2. The molecule has 2 fully saturated rings. The van der Waals surface area contributed by atoms with Gasteiger partial charge >= 0.3 is 0 Å². The van der Waals surface area contributed by atoms with Crippen molar-refractivity contribution >= 4 is 41.1 Å². The van der Waals surface area contributed by atoms with Crippen molar-refractivity contribution in [2.24, 2.45) is 0 Å². The zero-order valence-electron chi connectivity index (χ0n) is 19.2. The van der Waals surface area contributed by atoms with Crippen LogP contribution in [0.1, 0.15) is 31.2 Å². The smallest absolute Gasteiger partial charge is 0.246 e. The zero-order chi connectivity index (χ0) is 24.7. The predicted octanol–water partition coefficient (Wildman–Crippen LogP) is 1.64. The van der Waals surface area contributed by atoms with E-state index in [1.165, 1.54) is 6.08 Å². The Morgan fingerprint density at radius 1 is 1.18 bits per heavy atom. The first-order chi connectivity index (χ1) is 16.3. The topological polar surface area (TPSA) is 105 Å². The van der Waals surface area contributed by atoms with Crippen molar-refractivity contribution < 1.29 is 24.9 Å². The molecule has 3 N–H and O–H groups in total. The van der Waals surface area contributed by atoms with Crippen LogP contribution in [0.15, 0.2) is 24.3 Å². The first-order valence-corrected chi connectivity index (χ1v) is 12.4. The van der Waals surface area contributed by atoms with Crippen LogP contribution in [0.5, 0.6) is 0 Å². The molecule has 2 aliphatic rings. The van der Waals surface area contributed by atoms with Gasteiger partial charge in [0.05, 0.1) is 28.9 Å². The van der Waals surface area contributed by atoms with Gasteiger partial charge in [-0.1, -0.05) is 29.3 Å². The Morgan fingerprint density at radius 3 is 2.71 bits per heavy atom. The van der Waals surface area contributed by atoms with E-state index in [-0.39, 0.29) is 30.9 Å². The summed E-state index contributed by atoms with van der Waals surface area (Å²) in [4.78, 5) is 30.5. The lowest BCUT2D eigenvalue weighted by atomic mass is 9.99. The highest BCUT2D eigenvalue weighted by atomic mass is 35.5. The number of hydrogen-bond acceptors (Lipinski definition) is 6. The van der Waals surface area contributed by atoms with Crippen LogP contribution in [-0.4, -0.2) is 106 Å². The van der Waals surface area contributed by atoms with Crippen LogP contribution in [0.4, 0.5) is 0 Å². The van der Waals surface area contributed by atoms with Crippen LogP contribution in [0, 0.1) is 0 Å². The molecule has 0 aliphatic carbocycles. The summed E-state index contributed by atoms with van der Waals surface area (Å²) < 4.78 is 0. The molecule has 10 heteroatoms. The Morgan fingerprint density at radius 2 is 1.97 bits per heavy atom. The van der Waals surface area contributed by atoms with Crippen LogP contribution in [-0.2, 0) is 9.59 Å². The Kier molecular flexibility index (Phi) is 10.2. The molecule has 2 aliphatic heterocycles. The van der Waals surface area contributed by atoms with Gasteiger partial charge in [-0.25, -0.2) is 0 Å². The van der Waals surface area contributed by atoms with Crippen molar-refractivity contribution in [2.75, 3.05) is 45.9 Å². The molecular weight excluding hydrogens is 481 g/mol. The predicted molar refractivity (Wildman–Crippen MR) is 132 cm³/mol. The van der Waals surface area contributed by atoms with Crippen molar-refractivity contribution in [3.05, 3.63) is 39.9 Å². The second-order valence-corrected chi connectivity index (χ2v) is 9.73. The zero-order valence-corrected chi connectivity index (χ0v) is 20.7. The molecule has 8 nitrogen and oxygen atoms in total. The summed E-state index contributed by atoms with van der Waals surface area (Å²) in [6.07, 6.45) is 3.85. The standard InChI is InChI=1S/C24H33Cl2N3O5/c25-21-3-1-17(13-22(21)26)2-4-23(33)28-10-7-24(34)27(11-12-28)8-6-20(32)15-29-9-5-19(31)14-18(29)16-30/h1-4,13,18-20,30-32H,5-12,14-16H2/t18-,19-,20?/m0/s1. The summed E-state index contributed by atoms with van der Waals surface area (Å²) in [5, 5.41) is 30.7. The maximum Gasteiger partial charge on any atom is 0.246 e. The van der Waals surface area contributed by atoms with E-state index in [1.54, 1.807) is 34.1 Å². The molecule has 1 unspecified atom stereocenters. The van der Waals surface area contributed by atoms with E-state index in [2.05, 4.69) is 0 Å². The third kappa shape index (κ3) is 7.66. The third-order valence-corrected chi connectivity index (χ3v) is 7.20. The molecule has 2 saturated heterocycles. The minimum atomic E-state index is -0.646. The maximum atomic E-state index is 12.6. The van der Waals surface area contributed by atoms with E-state index >= 15 is 0 Å². The number of benzene rings is 1. The number of carbonyl (C=O) groups excluding carboxylic acids is 2. The number of aliphatic hydroxyl groups excluding tert-OH is 3. The van der Waals surface area contributed by atoms with Gasteiger partial charge in [-0.2, -0.15) is 0 Å². The van der Waals surface area contributed by atoms with E-state index in [4.69, 9.17) is 23.2 Å². The molecule has 2 heterocycles. The van der Waals surface area contributed by atoms with Crippen LogP contribution in [0.2, 0.25) is 10.0 Å². The average molecular weight is 514 g/mol. The number of aliphatic hydroxyl groups is 3. The molecule has 34 heavy (non-hydrogen) atoms. The van der Waals surface area contributed by atoms with Crippen molar-refractivity contribution in [1.29, 1.82) is 0 Å². The normalized spacial score (nSPS) is 23.4. The lowest BCUT2D eigenvalue weighted by Gasteiger charge is -2.38. The highest BCUT2D eigenvalue weighted by molar-refractivity contribution is 6.42. The van der Waals surface area contributed by atoms with Crippen molar-refractivity contribution in [2.45, 2.75) is 43.9 Å². The maximum absolute atomic E-state index is 12.6. The molecule has 3 rings (SSSR count). The fourth-order valence-corrected chi connectivity index (χ4v) is 4.69. The number of halogens is 2. The van der Waals surface area contributed by atoms with Gasteiger partial charge in [0.2, 0.25) is 11.8 Å². The van der Waals surface area contributed by atoms with Gasteiger partial charge in [-0.3, -0.25) is 14.5 Å². The van der Waals surface area contributed by atoms with Gasteiger partial charge in [0.15, 0.2) is 0 Å². The number of β-amino-alcohol motifs (C(OH)–C–C–N with tert-alkyl or cyclic N) is 1. The van der Waals surface area contributed by atoms with Gasteiger partial charge in [0.25, 0.3) is 0 Å². The Balaban J connectivity index is 1.46. The molecular formula is C24H33Cl2N3O5. The first kappa shape index (κ1) is 26.9. The minimum absolute atomic E-state index is 0.0368. The van der Waals surface area contributed by atoms with Crippen LogP contribution < -0.4 is 0 Å². The largest absolute Gasteiger partial charge is 0.395 e. The molecule has 0 aromatic heterocycles. The monoisotopic (exact) mass is 513 g/mol. The van der Waals surface area contributed by atoms with Crippen molar-refractivity contribution in [3.63, 3.8) is 0 Å². The second kappa shape index (κ2) is 12.9. The Hall–Kier alpha value is -1.68. The van der Waals surface area contributed by atoms with Crippen LogP contribution >= 0.6 is 23.2 Å². The average Bonchev–Trinajstić information content (AvgIpc) is 3.00. The van der Waals surface area contributed by atoms with Gasteiger partial charge in [0.1, 0.15) is 0 Å². The third-order valence-electron chi connectivity index (χ3n) is 6.46. The fraction of sp³-hybridized carbons (Fsp3) is 0.583. The molecule has 188 valence electrons. The fourth-order valence-electron chi connectivity index (χ4n) is 4.39. The molecule has 1 aromatic rings. The SMILES string of the molecule is O=C(C=Cc1ccc(Cl)c(Cl)c1)N1CCC(=O)N(CCC(O)CN2CC[C@H](O)C[C@H]2CO)CC1. The lowest BCUT2D eigenvalue weighted by molar-refractivity contribution is -0.130. The number of amides is 2. The quantitative estimate of drug-likeness (QED) is 0.456. The minimum Gasteiger partial charge on any atom is -0.395 e. The van der Waals surface area contributed by atoms with Crippen molar-refractivity contribution in [1.82, 2.24) is 14.7 Å². The van der Waals surface area contributed by atoms with E-state index in [0.717, 1.165) is 5.56 Å². The second-order valence-electron chi connectivity index (χ2n) is 8.91. The van der Waals surface area contributed by atoms with Crippen LogP contribution in [0.3, 0.4) is 0 Å². The van der Waals surface area contributed by atoms with Gasteiger partial charge in [-0.15, -0.1) is 0 Å². The van der Waals surface area contributed by atoms with Gasteiger partial charge in [0, 0.05) is 57.8 Å². The van der Waals surface area contributed by atoms with E-state index in [1.807, 2.05) is 4.90 Å². The van der Waals surface area contributed by atoms with E-state index in [9.17, 15) is 24.9 Å². The molecule has 0 saturated carbocycles. The van der Waals surface area contributed by atoms with Gasteiger partial charge < -0.3 is 25.1 Å². The molecule has 3 atom stereocenters. The molecule has 2 amide bonds. The summed E-state index contributed by atoms with van der Waals surface area (Å²) in [5.74, 6) is -0.214. The highest BCUT2D eigenvalue weighted by Crippen LogP contribution is 2.23. The number of likely N-dealkylation sites (tertiary alicyclic amines) is 1. The molecule has 1 aromatic carbocycles. The van der Waals surface area contributed by atoms with Crippen molar-refractivity contribution in [3.8, 4) is 0 Å². The number of nitrogens with zero attached hydrogens (tertiary/aromatic N) is 3. The number of piperidine rings is 1. The first-order valence-electron chi connectivity index (χ1n) is 11.7. The lowest BCUT2D eigenvalue weighted by Crippen LogP contribution is -2.49.